The first-order chi connectivity index (χ1) is 15.6. The van der Waals surface area contributed by atoms with Gasteiger partial charge < -0.3 is 14.8 Å². The molecule has 1 aliphatic rings. The minimum atomic E-state index is -0.128. The van der Waals surface area contributed by atoms with Crippen LogP contribution in [0.5, 0.6) is 5.75 Å². The third kappa shape index (κ3) is 5.50. The van der Waals surface area contributed by atoms with Crippen molar-refractivity contribution in [3.8, 4) is 16.9 Å². The van der Waals surface area contributed by atoms with Crippen LogP contribution in [-0.2, 0) is 22.7 Å². The van der Waals surface area contributed by atoms with Gasteiger partial charge in [0.2, 0.25) is 0 Å². The van der Waals surface area contributed by atoms with E-state index in [0.29, 0.717) is 17.4 Å². The summed E-state index contributed by atoms with van der Waals surface area (Å²) in [6, 6.07) is 22.1. The molecule has 0 saturated carbocycles. The molecule has 0 bridgehead atoms. The number of ether oxygens (including phenoxy) is 2. The van der Waals surface area contributed by atoms with Gasteiger partial charge in [0.05, 0.1) is 10.9 Å². The van der Waals surface area contributed by atoms with Crippen molar-refractivity contribution in [1.82, 2.24) is 5.32 Å². The molecule has 0 atom stereocenters. The predicted octanol–water partition coefficient (Wildman–Crippen LogP) is 5.94. The first-order valence-electron chi connectivity index (χ1n) is 11.0. The van der Waals surface area contributed by atoms with Crippen molar-refractivity contribution in [3.63, 3.8) is 0 Å². The fourth-order valence-corrected chi connectivity index (χ4v) is 4.26. The largest absolute Gasteiger partial charge is 0.487 e. The summed E-state index contributed by atoms with van der Waals surface area (Å²) in [4.78, 5) is 12.2. The summed E-state index contributed by atoms with van der Waals surface area (Å²) in [6.45, 7) is 4.50. The van der Waals surface area contributed by atoms with E-state index in [1.807, 2.05) is 30.3 Å². The molecule has 3 aromatic carbocycles. The maximum atomic E-state index is 12.2. The highest BCUT2D eigenvalue weighted by atomic mass is 35.5. The Morgan fingerprint density at radius 2 is 1.78 bits per heavy atom. The van der Waals surface area contributed by atoms with Crippen molar-refractivity contribution in [1.29, 1.82) is 0 Å². The molecule has 4 nitrogen and oxygen atoms in total. The number of halogens is 1. The Morgan fingerprint density at radius 3 is 2.53 bits per heavy atom. The molecule has 0 aromatic heterocycles. The topological polar surface area (TPSA) is 47.6 Å². The molecule has 1 heterocycles. The average Bonchev–Trinajstić information content (AvgIpc) is 2.84. The summed E-state index contributed by atoms with van der Waals surface area (Å²) in [5.74, 6) is 0.477. The number of benzene rings is 3. The standard InChI is InChI=1S/C27H28ClNO3/c1-19-23(8-5-9-24(19)21-6-3-2-4-7-21)18-31-26-11-10-20(16-25(26)28)17-32-27(30)22-12-14-29-15-13-22/h2-11,16,22,29H,12-15,17-18H2,1H3. The fraction of sp³-hybridized carbons (Fsp3) is 0.296. The average molecular weight is 450 g/mol. The van der Waals surface area contributed by atoms with Gasteiger partial charge in [-0.3, -0.25) is 4.79 Å². The molecule has 0 spiro atoms. The maximum Gasteiger partial charge on any atom is 0.309 e. The third-order valence-corrected chi connectivity index (χ3v) is 6.26. The van der Waals surface area contributed by atoms with Crippen molar-refractivity contribution in [2.75, 3.05) is 13.1 Å². The van der Waals surface area contributed by atoms with Crippen LogP contribution in [0.4, 0.5) is 0 Å². The summed E-state index contributed by atoms with van der Waals surface area (Å²) in [7, 11) is 0. The number of carbonyl (C=O) groups is 1. The molecule has 3 aromatic rings. The molecule has 32 heavy (non-hydrogen) atoms. The number of hydrogen-bond acceptors (Lipinski definition) is 4. The molecule has 1 fully saturated rings. The van der Waals surface area contributed by atoms with Crippen LogP contribution in [-0.4, -0.2) is 19.1 Å². The van der Waals surface area contributed by atoms with E-state index in [1.54, 1.807) is 6.07 Å². The van der Waals surface area contributed by atoms with E-state index in [2.05, 4.69) is 42.6 Å². The SMILES string of the molecule is Cc1c(COc2ccc(COC(=O)C3CCNCC3)cc2Cl)cccc1-c1ccccc1. The molecule has 1 N–H and O–H groups in total. The minimum Gasteiger partial charge on any atom is -0.487 e. The van der Waals surface area contributed by atoms with E-state index in [0.717, 1.165) is 37.1 Å². The number of esters is 1. The van der Waals surface area contributed by atoms with Crippen LogP contribution in [0.25, 0.3) is 11.1 Å². The van der Waals surface area contributed by atoms with Crippen LogP contribution in [0.3, 0.4) is 0 Å². The molecular weight excluding hydrogens is 422 g/mol. The van der Waals surface area contributed by atoms with Gasteiger partial charge in [-0.15, -0.1) is 0 Å². The van der Waals surface area contributed by atoms with Crippen LogP contribution in [0.15, 0.2) is 66.7 Å². The van der Waals surface area contributed by atoms with Crippen molar-refractivity contribution < 1.29 is 14.3 Å². The normalized spacial score (nSPS) is 14.2. The number of carbonyl (C=O) groups excluding carboxylic acids is 1. The predicted molar refractivity (Wildman–Crippen MR) is 128 cm³/mol. The lowest BCUT2D eigenvalue weighted by Gasteiger charge is -2.21. The number of piperidine rings is 1. The molecule has 1 saturated heterocycles. The minimum absolute atomic E-state index is 0.00998. The monoisotopic (exact) mass is 449 g/mol. The summed E-state index contributed by atoms with van der Waals surface area (Å²) in [5.41, 5.74) is 5.54. The van der Waals surface area contributed by atoms with Crippen molar-refractivity contribution in [3.05, 3.63) is 88.4 Å². The Kier molecular flexibility index (Phi) is 7.46. The van der Waals surface area contributed by atoms with Crippen molar-refractivity contribution in [2.24, 2.45) is 5.92 Å². The van der Waals surface area contributed by atoms with Gasteiger partial charge in [-0.05, 0) is 72.8 Å². The van der Waals surface area contributed by atoms with Gasteiger partial charge >= 0.3 is 5.97 Å². The summed E-state index contributed by atoms with van der Waals surface area (Å²) in [6.07, 6.45) is 1.66. The third-order valence-electron chi connectivity index (χ3n) is 5.96. The second kappa shape index (κ2) is 10.7. The summed E-state index contributed by atoms with van der Waals surface area (Å²) >= 11 is 6.45. The maximum absolute atomic E-state index is 12.2. The Balaban J connectivity index is 1.37. The van der Waals surface area contributed by atoms with Gasteiger partial charge in [0.1, 0.15) is 19.0 Å². The van der Waals surface area contributed by atoms with Crippen LogP contribution in [0.2, 0.25) is 5.02 Å². The van der Waals surface area contributed by atoms with Crippen molar-refractivity contribution >= 4 is 17.6 Å². The van der Waals surface area contributed by atoms with E-state index >= 15 is 0 Å². The van der Waals surface area contributed by atoms with E-state index in [1.165, 1.54) is 16.7 Å². The van der Waals surface area contributed by atoms with E-state index in [-0.39, 0.29) is 18.5 Å². The molecule has 4 rings (SSSR count). The highest BCUT2D eigenvalue weighted by Gasteiger charge is 2.22. The van der Waals surface area contributed by atoms with E-state index < -0.39 is 0 Å². The van der Waals surface area contributed by atoms with Crippen LogP contribution >= 0.6 is 11.6 Å². The first-order valence-corrected chi connectivity index (χ1v) is 11.4. The van der Waals surface area contributed by atoms with E-state index in [4.69, 9.17) is 21.1 Å². The van der Waals surface area contributed by atoms with Crippen LogP contribution < -0.4 is 10.1 Å². The lowest BCUT2D eigenvalue weighted by molar-refractivity contribution is -0.150. The van der Waals surface area contributed by atoms with Gasteiger partial charge in [-0.25, -0.2) is 0 Å². The number of nitrogens with one attached hydrogen (secondary N) is 1. The number of hydrogen-bond donors (Lipinski definition) is 1. The van der Waals surface area contributed by atoms with E-state index in [9.17, 15) is 4.79 Å². The van der Waals surface area contributed by atoms with Gasteiger partial charge in [-0.1, -0.05) is 66.2 Å². The molecule has 0 amide bonds. The van der Waals surface area contributed by atoms with Gasteiger partial charge in [0.15, 0.2) is 0 Å². The Labute approximate surface area is 194 Å². The Bertz CT molecular complexity index is 1060. The Morgan fingerprint density at radius 1 is 1.00 bits per heavy atom. The zero-order valence-corrected chi connectivity index (χ0v) is 19.0. The lowest BCUT2D eigenvalue weighted by atomic mass is 9.97. The van der Waals surface area contributed by atoms with Gasteiger partial charge in [0.25, 0.3) is 0 Å². The smallest absolute Gasteiger partial charge is 0.309 e. The van der Waals surface area contributed by atoms with Crippen LogP contribution in [0, 0.1) is 12.8 Å². The second-order valence-electron chi connectivity index (χ2n) is 8.14. The second-order valence-corrected chi connectivity index (χ2v) is 8.55. The molecule has 0 aliphatic carbocycles. The molecule has 1 aliphatic heterocycles. The van der Waals surface area contributed by atoms with Gasteiger partial charge in [0, 0.05) is 0 Å². The Hall–Kier alpha value is -2.82. The lowest BCUT2D eigenvalue weighted by Crippen LogP contribution is -2.32. The zero-order chi connectivity index (χ0) is 22.3. The summed E-state index contributed by atoms with van der Waals surface area (Å²) in [5, 5.41) is 3.77. The highest BCUT2D eigenvalue weighted by Crippen LogP contribution is 2.29. The number of rotatable bonds is 7. The molecule has 5 heteroatoms. The van der Waals surface area contributed by atoms with Gasteiger partial charge in [-0.2, -0.15) is 0 Å². The molecule has 166 valence electrons. The molecule has 0 unspecified atom stereocenters. The highest BCUT2D eigenvalue weighted by molar-refractivity contribution is 6.32. The van der Waals surface area contributed by atoms with Crippen molar-refractivity contribution in [2.45, 2.75) is 33.0 Å². The summed E-state index contributed by atoms with van der Waals surface area (Å²) < 4.78 is 11.5. The zero-order valence-electron chi connectivity index (χ0n) is 18.3. The molecule has 0 radical (unpaired) electrons. The van der Waals surface area contributed by atoms with Crippen LogP contribution in [0.1, 0.15) is 29.5 Å². The fourth-order valence-electron chi connectivity index (χ4n) is 4.01. The first kappa shape index (κ1) is 22.4. The molecular formula is C27H28ClNO3. The quantitative estimate of drug-likeness (QED) is 0.453.